The molecular formula is C16H17N5. The fourth-order valence-electron chi connectivity index (χ4n) is 2.84. The molecule has 1 aliphatic heterocycles. The molecule has 0 aliphatic carbocycles. The Labute approximate surface area is 123 Å². The Hall–Kier alpha value is -2.56. The van der Waals surface area contributed by atoms with E-state index in [1.165, 1.54) is 31.6 Å². The van der Waals surface area contributed by atoms with Crippen molar-refractivity contribution in [3.63, 3.8) is 0 Å². The van der Waals surface area contributed by atoms with Gasteiger partial charge in [-0.2, -0.15) is 0 Å². The lowest BCUT2D eigenvalue weighted by molar-refractivity contribution is 0.949. The highest BCUT2D eigenvalue weighted by Gasteiger charge is 2.12. The molecule has 1 saturated heterocycles. The van der Waals surface area contributed by atoms with Crippen LogP contribution in [0.2, 0.25) is 0 Å². The van der Waals surface area contributed by atoms with E-state index in [4.69, 9.17) is 0 Å². The van der Waals surface area contributed by atoms with E-state index in [1.54, 1.807) is 6.33 Å². The number of aromatic nitrogens is 3. The van der Waals surface area contributed by atoms with Gasteiger partial charge in [0, 0.05) is 30.7 Å². The van der Waals surface area contributed by atoms with Crippen LogP contribution < -0.4 is 10.2 Å². The third kappa shape index (κ3) is 2.31. The number of aromatic amines is 1. The Balaban J connectivity index is 1.58. The summed E-state index contributed by atoms with van der Waals surface area (Å²) in [6.45, 7) is 2.34. The van der Waals surface area contributed by atoms with Crippen molar-refractivity contribution in [3.8, 4) is 0 Å². The summed E-state index contributed by atoms with van der Waals surface area (Å²) in [5.41, 5.74) is 3.19. The fraction of sp³-hybridized carbons (Fsp3) is 0.250. The average molecular weight is 279 g/mol. The molecule has 0 spiro atoms. The Kier molecular flexibility index (Phi) is 2.96. The zero-order chi connectivity index (χ0) is 14.1. The molecule has 21 heavy (non-hydrogen) atoms. The smallest absolute Gasteiger partial charge is 0.143 e. The summed E-state index contributed by atoms with van der Waals surface area (Å²) in [6, 6.07) is 10.5. The molecule has 0 atom stereocenters. The standard InChI is InChI=1S/C16H17N5/c1-2-10-21(9-1)13-5-3-12(4-6-13)20-16-14-7-8-17-15(14)18-11-19-16/h3-8,11H,1-2,9-10H2,(H2,17,18,19,20). The second kappa shape index (κ2) is 5.09. The molecule has 1 aromatic carbocycles. The zero-order valence-electron chi connectivity index (χ0n) is 11.7. The highest BCUT2D eigenvalue weighted by Crippen LogP contribution is 2.25. The molecule has 1 fully saturated rings. The number of hydrogen-bond donors (Lipinski definition) is 2. The maximum Gasteiger partial charge on any atom is 0.143 e. The molecule has 5 nitrogen and oxygen atoms in total. The Bertz CT molecular complexity index is 741. The first kappa shape index (κ1) is 12.2. The number of nitrogens with zero attached hydrogens (tertiary/aromatic N) is 3. The lowest BCUT2D eigenvalue weighted by atomic mass is 10.2. The Morgan fingerprint density at radius 1 is 1.00 bits per heavy atom. The van der Waals surface area contributed by atoms with Crippen LogP contribution in [0.1, 0.15) is 12.8 Å². The second-order valence-corrected chi connectivity index (χ2v) is 5.33. The molecule has 1 aliphatic rings. The third-order valence-electron chi connectivity index (χ3n) is 3.96. The predicted octanol–water partition coefficient (Wildman–Crippen LogP) is 3.30. The van der Waals surface area contributed by atoms with Gasteiger partial charge in [-0.15, -0.1) is 0 Å². The topological polar surface area (TPSA) is 56.8 Å². The lowest BCUT2D eigenvalue weighted by Crippen LogP contribution is -2.17. The number of H-pyrrole nitrogens is 1. The molecule has 4 rings (SSSR count). The second-order valence-electron chi connectivity index (χ2n) is 5.33. The number of rotatable bonds is 3. The van der Waals surface area contributed by atoms with Crippen LogP contribution in [0.3, 0.4) is 0 Å². The van der Waals surface area contributed by atoms with E-state index in [9.17, 15) is 0 Å². The zero-order valence-corrected chi connectivity index (χ0v) is 11.7. The van der Waals surface area contributed by atoms with Crippen LogP contribution >= 0.6 is 0 Å². The summed E-state index contributed by atoms with van der Waals surface area (Å²) < 4.78 is 0. The highest BCUT2D eigenvalue weighted by atomic mass is 15.1. The molecule has 0 unspecified atom stereocenters. The van der Waals surface area contributed by atoms with Crippen molar-refractivity contribution in [1.82, 2.24) is 15.0 Å². The largest absolute Gasteiger partial charge is 0.372 e. The van der Waals surface area contributed by atoms with E-state index in [-0.39, 0.29) is 0 Å². The van der Waals surface area contributed by atoms with Crippen molar-refractivity contribution in [2.24, 2.45) is 0 Å². The van der Waals surface area contributed by atoms with Crippen LogP contribution in [0, 0.1) is 0 Å². The van der Waals surface area contributed by atoms with E-state index in [2.05, 4.69) is 49.4 Å². The minimum absolute atomic E-state index is 0.829. The van der Waals surface area contributed by atoms with E-state index in [1.807, 2.05) is 12.3 Å². The highest BCUT2D eigenvalue weighted by molar-refractivity contribution is 5.88. The minimum Gasteiger partial charge on any atom is -0.372 e. The van der Waals surface area contributed by atoms with Gasteiger partial charge in [-0.05, 0) is 43.2 Å². The van der Waals surface area contributed by atoms with E-state index in [0.717, 1.165) is 22.5 Å². The molecule has 2 N–H and O–H groups in total. The number of hydrogen-bond acceptors (Lipinski definition) is 4. The normalized spacial score (nSPS) is 14.8. The van der Waals surface area contributed by atoms with Gasteiger partial charge < -0.3 is 15.2 Å². The molecule has 5 heteroatoms. The minimum atomic E-state index is 0.829. The van der Waals surface area contributed by atoms with Gasteiger partial charge in [0.15, 0.2) is 0 Å². The number of fused-ring (bicyclic) bond motifs is 1. The monoisotopic (exact) mass is 279 g/mol. The molecule has 106 valence electrons. The van der Waals surface area contributed by atoms with Crippen molar-refractivity contribution in [3.05, 3.63) is 42.9 Å². The summed E-state index contributed by atoms with van der Waals surface area (Å²) >= 11 is 0. The Morgan fingerprint density at radius 2 is 1.81 bits per heavy atom. The van der Waals surface area contributed by atoms with Crippen molar-refractivity contribution in [2.45, 2.75) is 12.8 Å². The molecule has 0 radical (unpaired) electrons. The van der Waals surface area contributed by atoms with Crippen LogP contribution in [-0.2, 0) is 0 Å². The molecule has 0 amide bonds. The lowest BCUT2D eigenvalue weighted by Gasteiger charge is -2.17. The fourth-order valence-corrected chi connectivity index (χ4v) is 2.84. The summed E-state index contributed by atoms with van der Waals surface area (Å²) in [4.78, 5) is 14.0. The van der Waals surface area contributed by atoms with Gasteiger partial charge in [0.05, 0.1) is 5.39 Å². The average Bonchev–Trinajstić information content (AvgIpc) is 3.20. The molecule has 3 heterocycles. The van der Waals surface area contributed by atoms with Crippen LogP contribution in [0.4, 0.5) is 17.2 Å². The number of nitrogens with one attached hydrogen (secondary N) is 2. The van der Waals surface area contributed by atoms with Gasteiger partial charge in [0.1, 0.15) is 17.8 Å². The van der Waals surface area contributed by atoms with Gasteiger partial charge in [0.2, 0.25) is 0 Å². The Morgan fingerprint density at radius 3 is 2.62 bits per heavy atom. The summed E-state index contributed by atoms with van der Waals surface area (Å²) in [6.07, 6.45) is 6.04. The van der Waals surface area contributed by atoms with Crippen LogP contribution in [0.15, 0.2) is 42.9 Å². The summed E-state index contributed by atoms with van der Waals surface area (Å²) in [5, 5.41) is 4.36. The van der Waals surface area contributed by atoms with Crippen molar-refractivity contribution in [2.75, 3.05) is 23.3 Å². The van der Waals surface area contributed by atoms with Gasteiger partial charge >= 0.3 is 0 Å². The first-order valence-electron chi connectivity index (χ1n) is 7.30. The molecule has 3 aromatic rings. The van der Waals surface area contributed by atoms with Crippen molar-refractivity contribution < 1.29 is 0 Å². The van der Waals surface area contributed by atoms with Crippen molar-refractivity contribution in [1.29, 1.82) is 0 Å². The summed E-state index contributed by atoms with van der Waals surface area (Å²) in [7, 11) is 0. The predicted molar refractivity (Wildman–Crippen MR) is 85.1 cm³/mol. The third-order valence-corrected chi connectivity index (χ3v) is 3.96. The van der Waals surface area contributed by atoms with E-state index in [0.29, 0.717) is 0 Å². The molecule has 0 saturated carbocycles. The molecule has 2 aromatic heterocycles. The van der Waals surface area contributed by atoms with E-state index >= 15 is 0 Å². The van der Waals surface area contributed by atoms with Crippen LogP contribution in [0.25, 0.3) is 11.0 Å². The van der Waals surface area contributed by atoms with Crippen LogP contribution in [0.5, 0.6) is 0 Å². The van der Waals surface area contributed by atoms with Gasteiger partial charge in [-0.25, -0.2) is 9.97 Å². The van der Waals surface area contributed by atoms with E-state index < -0.39 is 0 Å². The van der Waals surface area contributed by atoms with Gasteiger partial charge in [-0.3, -0.25) is 0 Å². The first-order chi connectivity index (χ1) is 10.4. The van der Waals surface area contributed by atoms with Crippen molar-refractivity contribution >= 4 is 28.2 Å². The van der Waals surface area contributed by atoms with Gasteiger partial charge in [-0.1, -0.05) is 0 Å². The number of anilines is 3. The quantitative estimate of drug-likeness (QED) is 0.772. The number of benzene rings is 1. The van der Waals surface area contributed by atoms with Crippen LogP contribution in [-0.4, -0.2) is 28.0 Å². The maximum absolute atomic E-state index is 4.32. The maximum atomic E-state index is 4.32. The SMILES string of the molecule is c1nc(Nc2ccc(N3CCCC3)cc2)c2cc[nH]c2n1. The summed E-state index contributed by atoms with van der Waals surface area (Å²) in [5.74, 6) is 0.829. The first-order valence-corrected chi connectivity index (χ1v) is 7.30. The van der Waals surface area contributed by atoms with Gasteiger partial charge in [0.25, 0.3) is 0 Å². The molecule has 0 bridgehead atoms. The molecular weight excluding hydrogens is 262 g/mol.